The average Bonchev–Trinajstić information content (AvgIpc) is 3.26. The van der Waals surface area contributed by atoms with Crippen molar-refractivity contribution in [1.82, 2.24) is 0 Å². The van der Waals surface area contributed by atoms with Crippen LogP contribution in [0, 0.1) is 40.9 Å². The van der Waals surface area contributed by atoms with E-state index in [1.807, 2.05) is 18.2 Å². The van der Waals surface area contributed by atoms with E-state index in [1.54, 1.807) is 0 Å². The number of carbonyl (C=O) groups excluding carboxylic acids is 1. The molecule has 0 saturated heterocycles. The lowest BCUT2D eigenvalue weighted by atomic mass is 9.37. The topological polar surface area (TPSA) is 17.1 Å². The molecule has 0 radical (unpaired) electrons. The van der Waals surface area contributed by atoms with E-state index in [1.165, 1.54) is 49.7 Å². The zero-order valence-corrected chi connectivity index (χ0v) is 20.7. The molecule has 1 aromatic rings. The molecule has 1 spiro atoms. The van der Waals surface area contributed by atoms with E-state index >= 15 is 0 Å². The molecule has 1 nitrogen and oxygen atoms in total. The maximum atomic E-state index is 13.8. The van der Waals surface area contributed by atoms with Gasteiger partial charge in [0.05, 0.1) is 0 Å². The second-order valence-corrected chi connectivity index (χ2v) is 12.2. The van der Waals surface area contributed by atoms with Crippen molar-refractivity contribution in [2.75, 3.05) is 0 Å². The first-order valence-electron chi connectivity index (χ1n) is 13.2. The van der Waals surface area contributed by atoms with Gasteiger partial charge >= 0.3 is 0 Å². The van der Waals surface area contributed by atoms with Crippen LogP contribution in [0.15, 0.2) is 54.6 Å². The molecular weight excluding hydrogens is 420 g/mol. The first-order valence-corrected chi connectivity index (χ1v) is 13.7. The molecule has 7 unspecified atom stereocenters. The Morgan fingerprint density at radius 1 is 1.18 bits per heavy atom. The Hall–Kier alpha value is -1.80. The van der Waals surface area contributed by atoms with Crippen LogP contribution in [0.2, 0.25) is 0 Å². The normalized spacial score (nSPS) is 39.2. The number of benzene rings is 1. The molecule has 4 saturated carbocycles. The lowest BCUT2D eigenvalue weighted by Gasteiger charge is -2.68. The van der Waals surface area contributed by atoms with E-state index in [-0.39, 0.29) is 5.92 Å². The largest absolute Gasteiger partial charge is 0.294 e. The predicted octanol–water partition coefficient (Wildman–Crippen LogP) is 7.56. The summed E-state index contributed by atoms with van der Waals surface area (Å²) in [7, 11) is 0. The van der Waals surface area contributed by atoms with E-state index in [4.69, 9.17) is 12.2 Å². The molecule has 0 amide bonds. The fourth-order valence-electron chi connectivity index (χ4n) is 8.76. The van der Waals surface area contributed by atoms with Gasteiger partial charge in [0.1, 0.15) is 0 Å². The monoisotopic (exact) mass is 456 g/mol. The highest BCUT2D eigenvalue weighted by molar-refractivity contribution is 7.80. The van der Waals surface area contributed by atoms with Gasteiger partial charge < -0.3 is 0 Å². The van der Waals surface area contributed by atoms with Crippen molar-refractivity contribution in [3.63, 3.8) is 0 Å². The molecule has 1 aromatic carbocycles. The van der Waals surface area contributed by atoms with Crippen molar-refractivity contribution in [2.24, 2.45) is 40.9 Å². The second-order valence-electron chi connectivity index (χ2n) is 11.6. The van der Waals surface area contributed by atoms with Gasteiger partial charge in [0.25, 0.3) is 0 Å². The van der Waals surface area contributed by atoms with E-state index < -0.39 is 0 Å². The number of fused-ring (bicyclic) bond motifs is 1. The molecule has 7 atom stereocenters. The lowest BCUT2D eigenvalue weighted by Crippen LogP contribution is -2.61. The fraction of sp³-hybridized carbons (Fsp3) is 0.548. The second kappa shape index (κ2) is 8.15. The molecule has 33 heavy (non-hydrogen) atoms. The summed E-state index contributed by atoms with van der Waals surface area (Å²) in [5.74, 6) is 4.93. The summed E-state index contributed by atoms with van der Waals surface area (Å²) in [6.07, 6.45) is 17.0. The van der Waals surface area contributed by atoms with E-state index in [0.29, 0.717) is 5.78 Å². The molecule has 2 heteroatoms. The maximum Gasteiger partial charge on any atom is 0.166 e. The standard InChI is InChI=1S/C31H36OS/c1-3-4-7-20-8-5-6-9-27(20)19(2)12-21-10-11-26(33)14-22(30(21)32)15-28-23-13-24-16-25-17-29(28)31(24,25)18-23/h5-6,8-12,22-25,28-29H,2-4,7,13-18H2,1H3. The third kappa shape index (κ3) is 3.31. The number of unbranched alkanes of at least 4 members (excludes halogenated alkanes) is 1. The number of thiocarbonyl (C=S) groups is 1. The van der Waals surface area contributed by atoms with Crippen molar-refractivity contribution in [3.05, 3.63) is 65.8 Å². The number of hydrogen-bond acceptors (Lipinski definition) is 2. The lowest BCUT2D eigenvalue weighted by molar-refractivity contribution is -0.194. The zero-order valence-electron chi connectivity index (χ0n) is 19.9. The van der Waals surface area contributed by atoms with Crippen LogP contribution < -0.4 is 0 Å². The number of Topliss-reactive ketones (excluding diaryl/α,β-unsaturated/α-hetero) is 1. The Morgan fingerprint density at radius 3 is 2.79 bits per heavy atom. The number of allylic oxidation sites excluding steroid dienone is 5. The first-order chi connectivity index (χ1) is 16.0. The quantitative estimate of drug-likeness (QED) is 0.311. The van der Waals surface area contributed by atoms with Crippen LogP contribution in [0.5, 0.6) is 0 Å². The van der Waals surface area contributed by atoms with Crippen LogP contribution in [-0.4, -0.2) is 10.6 Å². The highest BCUT2D eigenvalue weighted by Gasteiger charge is 2.76. The van der Waals surface area contributed by atoms with Gasteiger partial charge in [-0.05, 0) is 115 Å². The molecule has 0 heterocycles. The Balaban J connectivity index is 1.22. The summed E-state index contributed by atoms with van der Waals surface area (Å²) >= 11 is 5.66. The fourth-order valence-corrected chi connectivity index (χ4v) is 9.03. The molecule has 6 rings (SSSR count). The molecule has 0 aliphatic heterocycles. The van der Waals surface area contributed by atoms with Crippen molar-refractivity contribution < 1.29 is 4.79 Å². The van der Waals surface area contributed by atoms with E-state index in [0.717, 1.165) is 70.3 Å². The summed E-state index contributed by atoms with van der Waals surface area (Å²) in [6, 6.07) is 8.53. The van der Waals surface area contributed by atoms with Gasteiger partial charge in [-0.1, -0.05) is 62.5 Å². The van der Waals surface area contributed by atoms with Crippen LogP contribution in [-0.2, 0) is 11.2 Å². The van der Waals surface area contributed by atoms with Crippen LogP contribution in [0.1, 0.15) is 69.4 Å². The smallest absolute Gasteiger partial charge is 0.166 e. The van der Waals surface area contributed by atoms with Crippen molar-refractivity contribution in [1.29, 1.82) is 0 Å². The van der Waals surface area contributed by atoms with Gasteiger partial charge in [-0.2, -0.15) is 0 Å². The van der Waals surface area contributed by atoms with E-state index in [9.17, 15) is 4.79 Å². The van der Waals surface area contributed by atoms with Crippen molar-refractivity contribution in [3.8, 4) is 0 Å². The first kappa shape index (κ1) is 21.7. The minimum Gasteiger partial charge on any atom is -0.294 e. The van der Waals surface area contributed by atoms with Gasteiger partial charge in [-0.15, -0.1) is 0 Å². The Labute approximate surface area is 204 Å². The van der Waals surface area contributed by atoms with Crippen LogP contribution in [0.4, 0.5) is 0 Å². The SMILES string of the molecule is C=C(C=C1C=CC(=S)CC(CC2C3CC4CC5CC2C45C3)C1=O)c1ccccc1CCCC. The number of carbonyl (C=O) groups is 1. The number of rotatable bonds is 7. The maximum absolute atomic E-state index is 13.8. The van der Waals surface area contributed by atoms with Gasteiger partial charge in [-0.3, -0.25) is 4.79 Å². The minimum absolute atomic E-state index is 0.0419. The van der Waals surface area contributed by atoms with Gasteiger partial charge in [0, 0.05) is 16.4 Å². The Kier molecular flexibility index (Phi) is 5.36. The van der Waals surface area contributed by atoms with Crippen molar-refractivity contribution >= 4 is 28.4 Å². The third-order valence-electron chi connectivity index (χ3n) is 10.2. The Bertz CT molecular complexity index is 1080. The molecule has 0 aromatic heterocycles. The van der Waals surface area contributed by atoms with Crippen LogP contribution in [0.3, 0.4) is 0 Å². The highest BCUT2D eigenvalue weighted by atomic mass is 32.1. The van der Waals surface area contributed by atoms with Gasteiger partial charge in [0.15, 0.2) is 5.78 Å². The number of ketones is 1. The summed E-state index contributed by atoms with van der Waals surface area (Å²) < 4.78 is 0. The molecule has 172 valence electrons. The zero-order chi connectivity index (χ0) is 22.7. The van der Waals surface area contributed by atoms with Crippen molar-refractivity contribution in [2.45, 2.75) is 64.7 Å². The van der Waals surface area contributed by atoms with E-state index in [2.05, 4.69) is 37.8 Å². The van der Waals surface area contributed by atoms with Crippen LogP contribution >= 0.6 is 12.2 Å². The number of hydrogen-bond donors (Lipinski definition) is 0. The molecular formula is C31H36OS. The highest BCUT2D eigenvalue weighted by Crippen LogP contribution is 2.83. The minimum atomic E-state index is 0.0419. The molecule has 5 aliphatic carbocycles. The number of aryl methyl sites for hydroxylation is 1. The molecule has 0 N–H and O–H groups in total. The summed E-state index contributed by atoms with van der Waals surface area (Å²) in [6.45, 7) is 6.60. The average molecular weight is 457 g/mol. The molecule has 5 aliphatic rings. The predicted molar refractivity (Wildman–Crippen MR) is 140 cm³/mol. The third-order valence-corrected chi connectivity index (χ3v) is 10.5. The summed E-state index contributed by atoms with van der Waals surface area (Å²) in [5.41, 5.74) is 4.96. The molecule has 4 fully saturated rings. The molecule has 2 bridgehead atoms. The van der Waals surface area contributed by atoms with Crippen LogP contribution in [0.25, 0.3) is 5.57 Å². The summed E-state index contributed by atoms with van der Waals surface area (Å²) in [5, 5.41) is 0. The van der Waals surface area contributed by atoms with Gasteiger partial charge in [-0.25, -0.2) is 0 Å². The Morgan fingerprint density at radius 2 is 2.00 bits per heavy atom. The summed E-state index contributed by atoms with van der Waals surface area (Å²) in [4.78, 5) is 14.7. The van der Waals surface area contributed by atoms with Gasteiger partial charge in [0.2, 0.25) is 0 Å².